The summed E-state index contributed by atoms with van der Waals surface area (Å²) in [6, 6.07) is -1.12. The van der Waals surface area contributed by atoms with Gasteiger partial charge in [0.05, 0.1) is 0 Å². The molecule has 1 saturated carbocycles. The van der Waals surface area contributed by atoms with Crippen molar-refractivity contribution in [2.24, 2.45) is 5.92 Å². The Kier molecular flexibility index (Phi) is 5.01. The standard InChI is InChI=1S/C16H24N4O4/c21-13(6-5-12-14(22)18-16(24)17-12)19-7-2-8-20(10-9-19)15(23)11-3-1-4-11/h11-12H,1-10H2,(H2,17,18,22,24)/t12-/m0/s1. The molecular formula is C16H24N4O4. The Labute approximate surface area is 140 Å². The molecule has 3 rings (SSSR count). The van der Waals surface area contributed by atoms with Crippen LogP contribution in [0.1, 0.15) is 38.5 Å². The minimum atomic E-state index is -0.620. The number of nitrogens with one attached hydrogen (secondary N) is 2. The zero-order chi connectivity index (χ0) is 17.1. The lowest BCUT2D eigenvalue weighted by molar-refractivity contribution is -0.138. The predicted molar refractivity (Wildman–Crippen MR) is 84.8 cm³/mol. The van der Waals surface area contributed by atoms with E-state index in [1.165, 1.54) is 0 Å². The first kappa shape index (κ1) is 16.7. The molecule has 0 bridgehead atoms. The molecule has 2 aliphatic heterocycles. The molecule has 8 nitrogen and oxygen atoms in total. The Morgan fingerprint density at radius 2 is 1.71 bits per heavy atom. The van der Waals surface area contributed by atoms with Crippen LogP contribution in [0, 0.1) is 5.92 Å². The van der Waals surface area contributed by atoms with Gasteiger partial charge in [0.25, 0.3) is 5.91 Å². The molecule has 0 spiro atoms. The minimum absolute atomic E-state index is 0.0260. The number of carbonyl (C=O) groups excluding carboxylic acids is 4. The van der Waals surface area contributed by atoms with Crippen molar-refractivity contribution in [3.8, 4) is 0 Å². The highest BCUT2D eigenvalue weighted by atomic mass is 16.2. The maximum Gasteiger partial charge on any atom is 0.322 e. The first-order valence-electron chi connectivity index (χ1n) is 8.72. The van der Waals surface area contributed by atoms with Crippen LogP contribution < -0.4 is 10.6 Å². The van der Waals surface area contributed by atoms with Crippen molar-refractivity contribution in [1.29, 1.82) is 0 Å². The molecule has 3 fully saturated rings. The molecule has 24 heavy (non-hydrogen) atoms. The van der Waals surface area contributed by atoms with Crippen LogP contribution in [0.25, 0.3) is 0 Å². The summed E-state index contributed by atoms with van der Waals surface area (Å²) in [5.41, 5.74) is 0. The van der Waals surface area contributed by atoms with Gasteiger partial charge in [-0.05, 0) is 25.7 Å². The third-order valence-electron chi connectivity index (χ3n) is 5.12. The molecule has 8 heteroatoms. The summed E-state index contributed by atoms with van der Waals surface area (Å²) in [5.74, 6) is 0.0282. The molecule has 5 amide bonds. The second kappa shape index (κ2) is 7.19. The average molecular weight is 336 g/mol. The number of imide groups is 1. The topological polar surface area (TPSA) is 98.8 Å². The summed E-state index contributed by atoms with van der Waals surface area (Å²) in [6.45, 7) is 2.47. The van der Waals surface area contributed by atoms with Crippen LogP contribution in [-0.2, 0) is 14.4 Å². The summed E-state index contributed by atoms with van der Waals surface area (Å²) in [4.78, 5) is 50.9. The van der Waals surface area contributed by atoms with Gasteiger partial charge in [-0.3, -0.25) is 19.7 Å². The van der Waals surface area contributed by atoms with Gasteiger partial charge in [-0.15, -0.1) is 0 Å². The molecule has 1 atom stereocenters. The van der Waals surface area contributed by atoms with Gasteiger partial charge in [-0.2, -0.15) is 0 Å². The van der Waals surface area contributed by atoms with Crippen molar-refractivity contribution in [2.75, 3.05) is 26.2 Å². The van der Waals surface area contributed by atoms with Crippen LogP contribution >= 0.6 is 0 Å². The first-order valence-corrected chi connectivity index (χ1v) is 8.72. The zero-order valence-electron chi connectivity index (χ0n) is 13.8. The molecule has 2 heterocycles. The number of hydrogen-bond donors (Lipinski definition) is 2. The van der Waals surface area contributed by atoms with Gasteiger partial charge in [0.15, 0.2) is 0 Å². The van der Waals surface area contributed by atoms with Gasteiger partial charge in [0, 0.05) is 38.5 Å². The number of nitrogens with zero attached hydrogens (tertiary/aromatic N) is 2. The molecule has 0 aromatic rings. The molecule has 2 saturated heterocycles. The van der Waals surface area contributed by atoms with Gasteiger partial charge in [-0.1, -0.05) is 6.42 Å². The summed E-state index contributed by atoms with van der Waals surface area (Å²) in [5, 5.41) is 4.66. The SMILES string of the molecule is O=C1NC(=O)[C@H](CCC(=O)N2CCCN(C(=O)C3CCC3)CC2)N1. The first-order chi connectivity index (χ1) is 11.5. The van der Waals surface area contributed by atoms with E-state index in [2.05, 4.69) is 10.6 Å². The van der Waals surface area contributed by atoms with E-state index >= 15 is 0 Å². The molecule has 0 unspecified atom stereocenters. The molecule has 0 radical (unpaired) electrons. The largest absolute Gasteiger partial charge is 0.341 e. The highest BCUT2D eigenvalue weighted by Crippen LogP contribution is 2.28. The molecule has 0 aromatic heterocycles. The molecular weight excluding hydrogens is 312 g/mol. The van der Waals surface area contributed by atoms with E-state index in [1.807, 2.05) is 4.90 Å². The number of hydrogen-bond acceptors (Lipinski definition) is 4. The summed E-state index contributed by atoms with van der Waals surface area (Å²) in [6.07, 6.45) is 4.43. The maximum absolute atomic E-state index is 12.4. The Hall–Kier alpha value is -2.12. The van der Waals surface area contributed by atoms with Gasteiger partial charge in [-0.25, -0.2) is 4.79 Å². The third-order valence-corrected chi connectivity index (χ3v) is 5.12. The lowest BCUT2D eigenvalue weighted by Crippen LogP contribution is -2.41. The predicted octanol–water partition coefficient (Wildman–Crippen LogP) is -0.164. The van der Waals surface area contributed by atoms with Crippen LogP contribution in [-0.4, -0.2) is 65.8 Å². The van der Waals surface area contributed by atoms with Crippen LogP contribution in [0.5, 0.6) is 0 Å². The van der Waals surface area contributed by atoms with Crippen molar-refractivity contribution in [1.82, 2.24) is 20.4 Å². The second-order valence-electron chi connectivity index (χ2n) is 6.74. The quantitative estimate of drug-likeness (QED) is 0.697. The van der Waals surface area contributed by atoms with E-state index in [-0.39, 0.29) is 30.1 Å². The number of amides is 5. The Balaban J connectivity index is 1.45. The van der Waals surface area contributed by atoms with E-state index < -0.39 is 12.1 Å². The Morgan fingerprint density at radius 1 is 1.00 bits per heavy atom. The smallest absolute Gasteiger partial charge is 0.322 e. The summed E-state index contributed by atoms with van der Waals surface area (Å²) in [7, 11) is 0. The van der Waals surface area contributed by atoms with Gasteiger partial charge < -0.3 is 15.1 Å². The Bertz CT molecular complexity index is 546. The summed E-state index contributed by atoms with van der Waals surface area (Å²) >= 11 is 0. The van der Waals surface area contributed by atoms with E-state index in [0.29, 0.717) is 32.6 Å². The normalized spacial score (nSPS) is 24.9. The molecule has 132 valence electrons. The van der Waals surface area contributed by atoms with E-state index in [0.717, 1.165) is 25.7 Å². The van der Waals surface area contributed by atoms with Crippen molar-refractivity contribution in [3.63, 3.8) is 0 Å². The summed E-state index contributed by atoms with van der Waals surface area (Å²) < 4.78 is 0. The van der Waals surface area contributed by atoms with Crippen molar-refractivity contribution in [3.05, 3.63) is 0 Å². The zero-order valence-corrected chi connectivity index (χ0v) is 13.8. The number of rotatable bonds is 4. The van der Waals surface area contributed by atoms with Crippen LogP contribution in [0.2, 0.25) is 0 Å². The molecule has 1 aliphatic carbocycles. The number of urea groups is 1. The monoisotopic (exact) mass is 336 g/mol. The molecule has 0 aromatic carbocycles. The van der Waals surface area contributed by atoms with Crippen molar-refractivity contribution >= 4 is 23.8 Å². The lowest BCUT2D eigenvalue weighted by atomic mass is 9.84. The van der Waals surface area contributed by atoms with Crippen LogP contribution in [0.15, 0.2) is 0 Å². The van der Waals surface area contributed by atoms with E-state index in [1.54, 1.807) is 4.90 Å². The fourth-order valence-electron chi connectivity index (χ4n) is 3.39. The fourth-order valence-corrected chi connectivity index (χ4v) is 3.39. The highest BCUT2D eigenvalue weighted by molar-refractivity contribution is 6.04. The number of carbonyl (C=O) groups is 4. The van der Waals surface area contributed by atoms with Crippen LogP contribution in [0.4, 0.5) is 4.79 Å². The van der Waals surface area contributed by atoms with Crippen molar-refractivity contribution in [2.45, 2.75) is 44.6 Å². The Morgan fingerprint density at radius 3 is 2.33 bits per heavy atom. The van der Waals surface area contributed by atoms with Crippen LogP contribution in [0.3, 0.4) is 0 Å². The third kappa shape index (κ3) is 3.68. The van der Waals surface area contributed by atoms with E-state index in [9.17, 15) is 19.2 Å². The second-order valence-corrected chi connectivity index (χ2v) is 6.74. The molecule has 3 aliphatic rings. The van der Waals surface area contributed by atoms with Gasteiger partial charge >= 0.3 is 6.03 Å². The highest BCUT2D eigenvalue weighted by Gasteiger charge is 2.32. The van der Waals surface area contributed by atoms with E-state index in [4.69, 9.17) is 0 Å². The lowest BCUT2D eigenvalue weighted by Gasteiger charge is -2.31. The minimum Gasteiger partial charge on any atom is -0.341 e. The van der Waals surface area contributed by atoms with Gasteiger partial charge in [0.1, 0.15) is 6.04 Å². The van der Waals surface area contributed by atoms with Crippen molar-refractivity contribution < 1.29 is 19.2 Å². The average Bonchev–Trinajstić information content (AvgIpc) is 2.71. The van der Waals surface area contributed by atoms with Gasteiger partial charge in [0.2, 0.25) is 11.8 Å². The maximum atomic E-state index is 12.4. The fraction of sp³-hybridized carbons (Fsp3) is 0.750. The molecule has 2 N–H and O–H groups in total.